The van der Waals surface area contributed by atoms with Crippen LogP contribution in [0.5, 0.6) is 0 Å². The zero-order chi connectivity index (χ0) is 10.7. The highest BCUT2D eigenvalue weighted by Crippen LogP contribution is 2.33. The van der Waals surface area contributed by atoms with E-state index in [0.29, 0.717) is 11.8 Å². The van der Waals surface area contributed by atoms with Crippen molar-refractivity contribution in [1.82, 2.24) is 0 Å². The third-order valence-electron chi connectivity index (χ3n) is 2.43. The summed E-state index contributed by atoms with van der Waals surface area (Å²) >= 11 is 15.4. The van der Waals surface area contributed by atoms with E-state index in [1.807, 2.05) is 12.1 Å². The van der Waals surface area contributed by atoms with Crippen molar-refractivity contribution >= 4 is 39.1 Å². The molecule has 0 aliphatic carbocycles. The fourth-order valence-electron chi connectivity index (χ4n) is 1.50. The molecule has 0 radical (unpaired) electrons. The van der Waals surface area contributed by atoms with Crippen LogP contribution >= 0.6 is 39.1 Å². The second-order valence-corrected chi connectivity index (χ2v) is 4.96. The maximum Gasteiger partial charge on any atom is 0.0477 e. The first kappa shape index (κ1) is 12.4. The van der Waals surface area contributed by atoms with E-state index in [4.69, 9.17) is 23.2 Å². The van der Waals surface area contributed by atoms with E-state index in [-0.39, 0.29) is 0 Å². The molecular formula is C11H13BrCl2. The van der Waals surface area contributed by atoms with Crippen molar-refractivity contribution in [3.05, 3.63) is 32.8 Å². The van der Waals surface area contributed by atoms with Crippen LogP contribution < -0.4 is 0 Å². The average molecular weight is 296 g/mol. The van der Waals surface area contributed by atoms with Crippen molar-refractivity contribution in [2.75, 3.05) is 0 Å². The lowest BCUT2D eigenvalue weighted by molar-refractivity contribution is 0.723. The van der Waals surface area contributed by atoms with Crippen LogP contribution in [-0.2, 0) is 5.88 Å². The van der Waals surface area contributed by atoms with Gasteiger partial charge in [0.1, 0.15) is 0 Å². The quantitative estimate of drug-likeness (QED) is 0.659. The summed E-state index contributed by atoms with van der Waals surface area (Å²) in [7, 11) is 0. The maximum absolute atomic E-state index is 5.96. The summed E-state index contributed by atoms with van der Waals surface area (Å²) < 4.78 is 1.06. The number of hydrogen-bond donors (Lipinski definition) is 0. The lowest BCUT2D eigenvalue weighted by atomic mass is 9.94. The molecule has 3 heteroatoms. The average Bonchev–Trinajstić information content (AvgIpc) is 2.15. The number of hydrogen-bond acceptors (Lipinski definition) is 0. The molecule has 1 atom stereocenters. The van der Waals surface area contributed by atoms with Crippen LogP contribution in [0.3, 0.4) is 0 Å². The molecule has 0 spiro atoms. The Hall–Kier alpha value is 0.280. The SMILES string of the molecule is CCC(C)c1c(Br)cc(Cl)cc1CCl. The second kappa shape index (κ2) is 5.39. The standard InChI is InChI=1S/C11H13BrCl2/c1-3-7(2)11-8(6-13)4-9(14)5-10(11)12/h4-5,7H,3,6H2,1-2H3. The predicted octanol–water partition coefficient (Wildman–Crippen LogP) is 5.35. The highest BCUT2D eigenvalue weighted by atomic mass is 79.9. The van der Waals surface area contributed by atoms with Crippen LogP contribution in [0.25, 0.3) is 0 Å². The monoisotopic (exact) mass is 294 g/mol. The summed E-state index contributed by atoms with van der Waals surface area (Å²) in [6, 6.07) is 3.87. The third kappa shape index (κ3) is 2.65. The van der Waals surface area contributed by atoms with Gasteiger partial charge in [-0.25, -0.2) is 0 Å². The molecule has 14 heavy (non-hydrogen) atoms. The Balaban J connectivity index is 3.24. The zero-order valence-electron chi connectivity index (χ0n) is 8.28. The highest BCUT2D eigenvalue weighted by molar-refractivity contribution is 9.10. The predicted molar refractivity (Wildman–Crippen MR) is 67.4 cm³/mol. The summed E-state index contributed by atoms with van der Waals surface area (Å²) in [6.45, 7) is 4.37. The highest BCUT2D eigenvalue weighted by Gasteiger charge is 2.13. The Morgan fingerprint density at radius 2 is 2.07 bits per heavy atom. The van der Waals surface area contributed by atoms with Crippen molar-refractivity contribution in [3.8, 4) is 0 Å². The topological polar surface area (TPSA) is 0 Å². The Kier molecular flexibility index (Phi) is 4.75. The minimum absolute atomic E-state index is 0.510. The maximum atomic E-state index is 5.96. The van der Waals surface area contributed by atoms with E-state index in [0.717, 1.165) is 21.5 Å². The molecule has 0 saturated carbocycles. The third-order valence-corrected chi connectivity index (χ3v) is 3.59. The van der Waals surface area contributed by atoms with Gasteiger partial charge < -0.3 is 0 Å². The Labute approximate surface area is 104 Å². The first-order valence-corrected chi connectivity index (χ1v) is 6.34. The van der Waals surface area contributed by atoms with Crippen LogP contribution in [0.15, 0.2) is 16.6 Å². The fourth-order valence-corrected chi connectivity index (χ4v) is 2.99. The molecule has 0 aliphatic rings. The molecule has 0 heterocycles. The lowest BCUT2D eigenvalue weighted by Crippen LogP contribution is -1.98. The first-order valence-electron chi connectivity index (χ1n) is 4.63. The molecule has 0 bridgehead atoms. The minimum atomic E-state index is 0.510. The van der Waals surface area contributed by atoms with Gasteiger partial charge in [-0.3, -0.25) is 0 Å². The summed E-state index contributed by atoms with van der Waals surface area (Å²) in [5.74, 6) is 1.02. The van der Waals surface area contributed by atoms with Gasteiger partial charge in [0.15, 0.2) is 0 Å². The fraction of sp³-hybridized carbons (Fsp3) is 0.455. The smallest absolute Gasteiger partial charge is 0.0477 e. The van der Waals surface area contributed by atoms with E-state index >= 15 is 0 Å². The van der Waals surface area contributed by atoms with E-state index in [1.54, 1.807) is 0 Å². The van der Waals surface area contributed by atoms with Gasteiger partial charge in [0.2, 0.25) is 0 Å². The molecule has 1 unspecified atom stereocenters. The summed E-state index contributed by atoms with van der Waals surface area (Å²) in [5.41, 5.74) is 2.41. The molecule has 0 amide bonds. The molecule has 1 aromatic rings. The van der Waals surface area contributed by atoms with Crippen LogP contribution in [0.4, 0.5) is 0 Å². The number of benzene rings is 1. The molecule has 78 valence electrons. The molecular weight excluding hydrogens is 283 g/mol. The number of rotatable bonds is 3. The molecule has 0 nitrogen and oxygen atoms in total. The van der Waals surface area contributed by atoms with Gasteiger partial charge >= 0.3 is 0 Å². The van der Waals surface area contributed by atoms with Gasteiger partial charge in [-0.15, -0.1) is 11.6 Å². The zero-order valence-corrected chi connectivity index (χ0v) is 11.4. The van der Waals surface area contributed by atoms with Crippen LogP contribution in [0.2, 0.25) is 5.02 Å². The van der Waals surface area contributed by atoms with Crippen molar-refractivity contribution in [3.63, 3.8) is 0 Å². The van der Waals surface area contributed by atoms with Crippen molar-refractivity contribution < 1.29 is 0 Å². The van der Waals surface area contributed by atoms with Crippen molar-refractivity contribution in [2.24, 2.45) is 0 Å². The van der Waals surface area contributed by atoms with Crippen LogP contribution in [-0.4, -0.2) is 0 Å². The minimum Gasteiger partial charge on any atom is -0.122 e. The molecule has 1 rings (SSSR count). The van der Waals surface area contributed by atoms with Gasteiger partial charge in [-0.2, -0.15) is 0 Å². The summed E-state index contributed by atoms with van der Waals surface area (Å²) in [5, 5.41) is 0.736. The molecule has 0 fully saturated rings. The molecule has 0 saturated heterocycles. The normalized spacial score (nSPS) is 12.9. The van der Waals surface area contributed by atoms with E-state index in [2.05, 4.69) is 29.8 Å². The van der Waals surface area contributed by atoms with Crippen molar-refractivity contribution in [2.45, 2.75) is 32.1 Å². The molecule has 0 aromatic heterocycles. The molecule has 0 aliphatic heterocycles. The van der Waals surface area contributed by atoms with Gasteiger partial charge in [-0.05, 0) is 35.6 Å². The largest absolute Gasteiger partial charge is 0.122 e. The molecule has 0 N–H and O–H groups in total. The Bertz CT molecular complexity index is 323. The Morgan fingerprint density at radius 1 is 1.43 bits per heavy atom. The molecule has 1 aromatic carbocycles. The number of halogens is 3. The van der Waals surface area contributed by atoms with E-state index in [1.165, 1.54) is 5.56 Å². The van der Waals surface area contributed by atoms with Gasteiger partial charge in [0.05, 0.1) is 0 Å². The summed E-state index contributed by atoms with van der Waals surface area (Å²) in [4.78, 5) is 0. The van der Waals surface area contributed by atoms with E-state index < -0.39 is 0 Å². The van der Waals surface area contributed by atoms with Crippen LogP contribution in [0.1, 0.15) is 37.3 Å². The Morgan fingerprint density at radius 3 is 2.57 bits per heavy atom. The first-order chi connectivity index (χ1) is 6.60. The second-order valence-electron chi connectivity index (χ2n) is 3.40. The van der Waals surface area contributed by atoms with Gasteiger partial charge in [0, 0.05) is 15.4 Å². The van der Waals surface area contributed by atoms with Crippen molar-refractivity contribution in [1.29, 1.82) is 0 Å². The lowest BCUT2D eigenvalue weighted by Gasteiger charge is -2.16. The van der Waals surface area contributed by atoms with Gasteiger partial charge in [-0.1, -0.05) is 41.4 Å². The summed E-state index contributed by atoms with van der Waals surface area (Å²) in [6.07, 6.45) is 1.10. The van der Waals surface area contributed by atoms with Crippen LogP contribution in [0, 0.1) is 0 Å². The van der Waals surface area contributed by atoms with E-state index in [9.17, 15) is 0 Å². The number of alkyl halides is 1. The van der Waals surface area contributed by atoms with Gasteiger partial charge in [0.25, 0.3) is 0 Å².